The molecule has 1 rings (SSSR count). The van der Waals surface area contributed by atoms with Crippen molar-refractivity contribution in [3.63, 3.8) is 0 Å². The predicted molar refractivity (Wildman–Crippen MR) is 221 cm³/mol. The maximum Gasteiger partial charge on any atom is 0.407 e. The third kappa shape index (κ3) is 33.8. The van der Waals surface area contributed by atoms with Crippen LogP contribution in [0.5, 0.6) is 0 Å². The van der Waals surface area contributed by atoms with Crippen LogP contribution in [0, 0.1) is 0 Å². The Bertz CT molecular complexity index is 855. The van der Waals surface area contributed by atoms with Crippen LogP contribution in [-0.4, -0.2) is 74.4 Å². The number of amides is 1. The number of esters is 2. The van der Waals surface area contributed by atoms with Gasteiger partial charge in [0.15, 0.2) is 6.10 Å². The van der Waals surface area contributed by atoms with Gasteiger partial charge in [0.25, 0.3) is 6.43 Å². The summed E-state index contributed by atoms with van der Waals surface area (Å²) in [5.74, 6) is -0.732. The molecule has 0 radical (unpaired) electrons. The molecule has 0 spiro atoms. The fourth-order valence-electron chi connectivity index (χ4n) is 7.27. The molecule has 8 nitrogen and oxygen atoms in total. The van der Waals surface area contributed by atoms with Crippen molar-refractivity contribution in [3.05, 3.63) is 0 Å². The SMILES string of the molecule is CCCCCCCCCCCCCCCCCC(=O)OCC(COC(=O)CCCCCCCCCCCCCCCCC)OC(=O)NC1CN(CC(F)F)C1. The highest BCUT2D eigenvalue weighted by Crippen LogP contribution is 2.16. The molecule has 1 fully saturated rings. The second-order valence-electron chi connectivity index (χ2n) is 16.2. The van der Waals surface area contributed by atoms with E-state index in [0.717, 1.165) is 38.5 Å². The molecule has 1 N–H and O–H groups in total. The van der Waals surface area contributed by atoms with Gasteiger partial charge in [0, 0.05) is 25.9 Å². The minimum absolute atomic E-state index is 0.209. The van der Waals surface area contributed by atoms with Crippen LogP contribution in [0.4, 0.5) is 13.6 Å². The van der Waals surface area contributed by atoms with Crippen molar-refractivity contribution in [1.82, 2.24) is 10.2 Å². The van der Waals surface area contributed by atoms with E-state index >= 15 is 0 Å². The summed E-state index contributed by atoms with van der Waals surface area (Å²) in [4.78, 5) is 39.1. The number of alkyl carbamates (subject to hydrolysis) is 1. The van der Waals surface area contributed by atoms with Gasteiger partial charge in [-0.25, -0.2) is 13.6 Å². The van der Waals surface area contributed by atoms with Gasteiger partial charge in [-0.2, -0.15) is 0 Å². The van der Waals surface area contributed by atoms with Crippen molar-refractivity contribution >= 4 is 18.0 Å². The number of hydrogen-bond acceptors (Lipinski definition) is 7. The van der Waals surface area contributed by atoms with Crippen LogP contribution < -0.4 is 5.32 Å². The summed E-state index contributed by atoms with van der Waals surface area (Å²) < 4.78 is 41.5. The quantitative estimate of drug-likeness (QED) is 0.0375. The van der Waals surface area contributed by atoms with Crippen molar-refractivity contribution in [3.8, 4) is 0 Å². The van der Waals surface area contributed by atoms with Crippen LogP contribution in [0.25, 0.3) is 0 Å². The van der Waals surface area contributed by atoms with E-state index in [9.17, 15) is 23.2 Å². The van der Waals surface area contributed by atoms with Crippen molar-refractivity contribution in [2.24, 2.45) is 0 Å². The molecule has 0 aliphatic carbocycles. The van der Waals surface area contributed by atoms with E-state index < -0.39 is 18.6 Å². The van der Waals surface area contributed by atoms with Crippen LogP contribution in [0.1, 0.15) is 219 Å². The van der Waals surface area contributed by atoms with E-state index in [-0.39, 0.29) is 50.6 Å². The predicted octanol–water partition coefficient (Wildman–Crippen LogP) is 12.6. The van der Waals surface area contributed by atoms with E-state index in [1.807, 2.05) is 0 Å². The van der Waals surface area contributed by atoms with Gasteiger partial charge < -0.3 is 19.5 Å². The van der Waals surface area contributed by atoms with E-state index in [0.29, 0.717) is 13.1 Å². The normalized spacial score (nSPS) is 13.3. The zero-order valence-corrected chi connectivity index (χ0v) is 35.5. The molecule has 1 aliphatic heterocycles. The smallest absolute Gasteiger partial charge is 0.407 e. The van der Waals surface area contributed by atoms with Gasteiger partial charge in [0.1, 0.15) is 13.2 Å². The molecule has 0 aromatic heterocycles. The molecule has 0 bridgehead atoms. The Kier molecular flexibility index (Phi) is 34.9. The number of likely N-dealkylation sites (tertiary alicyclic amines) is 1. The van der Waals surface area contributed by atoms with Crippen LogP contribution in [0.15, 0.2) is 0 Å². The molecule has 55 heavy (non-hydrogen) atoms. The fourth-order valence-corrected chi connectivity index (χ4v) is 7.27. The molecule has 1 saturated heterocycles. The van der Waals surface area contributed by atoms with Gasteiger partial charge in [-0.3, -0.25) is 14.5 Å². The molecule has 1 amide bonds. The van der Waals surface area contributed by atoms with Crippen molar-refractivity contribution in [2.75, 3.05) is 32.8 Å². The molecule has 0 saturated carbocycles. The lowest BCUT2D eigenvalue weighted by molar-refractivity contribution is -0.152. The summed E-state index contributed by atoms with van der Waals surface area (Å²) in [6.45, 7) is 4.39. The summed E-state index contributed by atoms with van der Waals surface area (Å²) in [5.41, 5.74) is 0. The number of carbonyl (C=O) groups is 3. The number of nitrogens with zero attached hydrogens (tertiary/aromatic N) is 1. The van der Waals surface area contributed by atoms with Gasteiger partial charge in [0.05, 0.1) is 12.6 Å². The number of halogens is 2. The summed E-state index contributed by atoms with van der Waals surface area (Å²) in [7, 11) is 0. The van der Waals surface area contributed by atoms with Gasteiger partial charge in [-0.1, -0.05) is 194 Å². The second kappa shape index (κ2) is 37.6. The van der Waals surface area contributed by atoms with Crippen LogP contribution in [-0.2, 0) is 23.8 Å². The van der Waals surface area contributed by atoms with Crippen LogP contribution in [0.2, 0.25) is 0 Å². The summed E-state index contributed by atoms with van der Waals surface area (Å²) in [6.07, 6.45) is 33.9. The molecule has 0 aromatic rings. The first-order valence-electron chi connectivity index (χ1n) is 23.1. The molecular formula is C45H84F2N2O6. The molecule has 0 unspecified atom stereocenters. The van der Waals surface area contributed by atoms with E-state index in [1.165, 1.54) is 154 Å². The lowest BCUT2D eigenvalue weighted by Gasteiger charge is -2.39. The Hall–Kier alpha value is -1.97. The monoisotopic (exact) mass is 787 g/mol. The summed E-state index contributed by atoms with van der Waals surface area (Å²) in [5, 5.41) is 2.66. The van der Waals surface area contributed by atoms with Crippen molar-refractivity contribution < 1.29 is 37.4 Å². The van der Waals surface area contributed by atoms with Crippen LogP contribution in [0.3, 0.4) is 0 Å². The Balaban J connectivity index is 2.21. The minimum atomic E-state index is -2.43. The molecule has 1 aliphatic rings. The molecule has 10 heteroatoms. The average Bonchev–Trinajstić information content (AvgIpc) is 3.14. The highest BCUT2D eigenvalue weighted by Gasteiger charge is 2.31. The summed E-state index contributed by atoms with van der Waals surface area (Å²) >= 11 is 0. The van der Waals surface area contributed by atoms with Crippen molar-refractivity contribution in [2.45, 2.75) is 238 Å². The van der Waals surface area contributed by atoms with E-state index in [2.05, 4.69) is 19.2 Å². The molecule has 324 valence electrons. The van der Waals surface area contributed by atoms with Gasteiger partial charge in [0.2, 0.25) is 0 Å². The molecule has 0 aromatic carbocycles. The highest BCUT2D eigenvalue weighted by molar-refractivity contribution is 5.70. The minimum Gasteiger partial charge on any atom is -0.462 e. The van der Waals surface area contributed by atoms with Crippen LogP contribution >= 0.6 is 0 Å². The number of hydrogen-bond donors (Lipinski definition) is 1. The third-order valence-corrected chi connectivity index (χ3v) is 10.8. The lowest BCUT2D eigenvalue weighted by atomic mass is 10.0. The van der Waals surface area contributed by atoms with Gasteiger partial charge >= 0.3 is 18.0 Å². The summed E-state index contributed by atoms with van der Waals surface area (Å²) in [6, 6.07) is -0.299. The standard InChI is InChI=1S/C45H84F2N2O6/c1-3-5-7-9-11-13-15-17-19-21-23-25-27-29-31-33-43(50)53-38-41(55-45(52)48-40-35-49(36-40)37-42(46)47)39-54-44(51)34-32-30-28-26-24-22-20-18-16-14-12-10-8-6-4-2/h40-42H,3-39H2,1-2H3,(H,48,52). The van der Waals surface area contributed by atoms with Crippen molar-refractivity contribution in [1.29, 1.82) is 0 Å². The first kappa shape index (κ1) is 51.0. The van der Waals surface area contributed by atoms with Gasteiger partial charge in [-0.05, 0) is 12.8 Å². The number of ether oxygens (including phenoxy) is 3. The maximum absolute atomic E-state index is 12.6. The van der Waals surface area contributed by atoms with Gasteiger partial charge in [-0.15, -0.1) is 0 Å². The van der Waals surface area contributed by atoms with E-state index in [4.69, 9.17) is 14.2 Å². The number of rotatable bonds is 40. The fraction of sp³-hybridized carbons (Fsp3) is 0.933. The lowest BCUT2D eigenvalue weighted by Crippen LogP contribution is -2.60. The molecule has 1 heterocycles. The first-order valence-corrected chi connectivity index (χ1v) is 23.1. The molecular weight excluding hydrogens is 702 g/mol. The second-order valence-corrected chi connectivity index (χ2v) is 16.2. The largest absolute Gasteiger partial charge is 0.462 e. The maximum atomic E-state index is 12.6. The number of unbranched alkanes of at least 4 members (excludes halogenated alkanes) is 28. The average molecular weight is 787 g/mol. The Labute approximate surface area is 335 Å². The Morgan fingerprint density at radius 2 is 0.836 bits per heavy atom. The highest BCUT2D eigenvalue weighted by atomic mass is 19.3. The number of alkyl halides is 2. The zero-order chi connectivity index (χ0) is 40.0. The zero-order valence-electron chi connectivity index (χ0n) is 35.5. The Morgan fingerprint density at radius 3 is 1.15 bits per heavy atom. The first-order chi connectivity index (χ1) is 26.8. The number of nitrogens with one attached hydrogen (secondary N) is 1. The molecule has 0 atom stereocenters. The number of carbonyl (C=O) groups excluding carboxylic acids is 3. The third-order valence-electron chi connectivity index (χ3n) is 10.8. The Morgan fingerprint density at radius 1 is 0.527 bits per heavy atom. The van der Waals surface area contributed by atoms with E-state index in [1.54, 1.807) is 4.90 Å². The topological polar surface area (TPSA) is 94.2 Å².